The Balaban J connectivity index is 2.32. The Morgan fingerprint density at radius 2 is 2.50 bits per heavy atom. The van der Waals surface area contributed by atoms with Gasteiger partial charge in [-0.3, -0.25) is 0 Å². The molecule has 2 atom stereocenters. The Labute approximate surface area is 47.1 Å². The van der Waals surface area contributed by atoms with Crippen LogP contribution in [0.1, 0.15) is 6.42 Å². The smallest absolute Gasteiger partial charge is 0.137 e. The summed E-state index contributed by atoms with van der Waals surface area (Å²) in [6.07, 6.45) is 0.286. The van der Waals surface area contributed by atoms with E-state index in [0.717, 1.165) is 6.29 Å². The second-order valence-corrected chi connectivity index (χ2v) is 1.98. The number of alkyl halides is 1. The van der Waals surface area contributed by atoms with Crippen molar-refractivity contribution in [2.24, 2.45) is 0 Å². The maximum absolute atomic E-state index is 12.1. The van der Waals surface area contributed by atoms with E-state index in [9.17, 15) is 9.18 Å². The molecule has 0 aliphatic carbocycles. The summed E-state index contributed by atoms with van der Waals surface area (Å²) in [5.74, 6) is 0. The van der Waals surface area contributed by atoms with Gasteiger partial charge in [-0.1, -0.05) is 0 Å². The Kier molecular flexibility index (Phi) is 1.58. The van der Waals surface area contributed by atoms with Crippen molar-refractivity contribution in [3.63, 3.8) is 0 Å². The molecule has 3 heteroatoms. The van der Waals surface area contributed by atoms with E-state index in [0.29, 0.717) is 13.0 Å². The number of nitrogens with one attached hydrogen (secondary N) is 1. The largest absolute Gasteiger partial charge is 0.305 e. The minimum Gasteiger partial charge on any atom is -0.305 e. The molecular formula is C5H8FNO. The molecule has 2 unspecified atom stereocenters. The van der Waals surface area contributed by atoms with Crippen LogP contribution >= 0.6 is 0 Å². The lowest BCUT2D eigenvalue weighted by atomic mass is 10.2. The van der Waals surface area contributed by atoms with E-state index in [2.05, 4.69) is 5.32 Å². The van der Waals surface area contributed by atoms with Crippen LogP contribution in [0.2, 0.25) is 0 Å². The minimum atomic E-state index is -0.815. The van der Waals surface area contributed by atoms with Crippen LogP contribution in [0.4, 0.5) is 4.39 Å². The van der Waals surface area contributed by atoms with E-state index in [4.69, 9.17) is 0 Å². The van der Waals surface area contributed by atoms with Crippen molar-refractivity contribution in [1.82, 2.24) is 5.32 Å². The second kappa shape index (κ2) is 2.22. The fourth-order valence-corrected chi connectivity index (χ4v) is 0.825. The highest BCUT2D eigenvalue weighted by molar-refractivity contribution is 5.58. The summed E-state index contributed by atoms with van der Waals surface area (Å²) in [6, 6.07) is -0.231. The summed E-state index contributed by atoms with van der Waals surface area (Å²) in [5, 5.41) is 2.71. The van der Waals surface area contributed by atoms with Crippen molar-refractivity contribution in [2.45, 2.75) is 18.6 Å². The second-order valence-electron chi connectivity index (χ2n) is 1.98. The van der Waals surface area contributed by atoms with Crippen molar-refractivity contribution in [3.05, 3.63) is 0 Å². The summed E-state index contributed by atoms with van der Waals surface area (Å²) >= 11 is 0. The highest BCUT2D eigenvalue weighted by atomic mass is 19.1. The molecule has 0 aromatic heterocycles. The van der Waals surface area contributed by atoms with Gasteiger partial charge >= 0.3 is 0 Å². The van der Waals surface area contributed by atoms with Crippen LogP contribution in [0.5, 0.6) is 0 Å². The lowest BCUT2D eigenvalue weighted by Crippen LogP contribution is -2.22. The van der Waals surface area contributed by atoms with Gasteiger partial charge in [0.1, 0.15) is 12.5 Å². The molecule has 1 N–H and O–H groups in total. The van der Waals surface area contributed by atoms with Crippen molar-refractivity contribution in [1.29, 1.82) is 0 Å². The monoisotopic (exact) mass is 117 g/mol. The third kappa shape index (κ3) is 1.04. The van der Waals surface area contributed by atoms with Gasteiger partial charge in [0.15, 0.2) is 0 Å². The fraction of sp³-hybridized carbons (Fsp3) is 0.800. The summed E-state index contributed by atoms with van der Waals surface area (Å²) in [5.41, 5.74) is 0. The number of aldehydes is 1. The SMILES string of the molecule is O=CC1CC(F)CN1. The Morgan fingerprint density at radius 3 is 2.75 bits per heavy atom. The molecule has 46 valence electrons. The van der Waals surface area contributed by atoms with E-state index in [-0.39, 0.29) is 6.04 Å². The van der Waals surface area contributed by atoms with Gasteiger partial charge in [0, 0.05) is 13.0 Å². The Morgan fingerprint density at radius 1 is 1.75 bits per heavy atom. The average molecular weight is 117 g/mol. The molecule has 0 aromatic carbocycles. The van der Waals surface area contributed by atoms with Gasteiger partial charge in [-0.25, -0.2) is 4.39 Å². The van der Waals surface area contributed by atoms with Crippen LogP contribution in [0, 0.1) is 0 Å². The predicted molar refractivity (Wildman–Crippen MR) is 27.4 cm³/mol. The normalized spacial score (nSPS) is 37.6. The standard InChI is InChI=1S/C5H8FNO/c6-4-1-5(3-8)7-2-4/h3-5,7H,1-2H2. The average Bonchev–Trinajstić information content (AvgIpc) is 2.14. The number of hydrogen-bond donors (Lipinski definition) is 1. The summed E-state index contributed by atoms with van der Waals surface area (Å²) < 4.78 is 12.1. The molecule has 0 radical (unpaired) electrons. The first-order valence-corrected chi connectivity index (χ1v) is 2.65. The van der Waals surface area contributed by atoms with Crippen molar-refractivity contribution in [2.75, 3.05) is 6.54 Å². The first kappa shape index (κ1) is 5.69. The fourth-order valence-electron chi connectivity index (χ4n) is 0.825. The molecule has 0 spiro atoms. The maximum Gasteiger partial charge on any atom is 0.137 e. The van der Waals surface area contributed by atoms with Gasteiger partial charge in [-0.15, -0.1) is 0 Å². The van der Waals surface area contributed by atoms with E-state index in [1.807, 2.05) is 0 Å². The summed E-state index contributed by atoms with van der Waals surface area (Å²) in [4.78, 5) is 9.92. The molecule has 1 saturated heterocycles. The molecule has 8 heavy (non-hydrogen) atoms. The molecule has 1 rings (SSSR count). The highest BCUT2D eigenvalue weighted by Crippen LogP contribution is 2.06. The third-order valence-electron chi connectivity index (χ3n) is 1.28. The maximum atomic E-state index is 12.1. The summed E-state index contributed by atoms with van der Waals surface area (Å²) in [7, 11) is 0. The Bertz CT molecular complexity index is 96.4. The molecule has 0 saturated carbocycles. The van der Waals surface area contributed by atoms with Gasteiger partial charge in [-0.05, 0) is 0 Å². The molecule has 1 heterocycles. The minimum absolute atomic E-state index is 0.231. The Hall–Kier alpha value is -0.440. The quantitative estimate of drug-likeness (QED) is 0.485. The number of hydrogen-bond acceptors (Lipinski definition) is 2. The van der Waals surface area contributed by atoms with Gasteiger partial charge in [-0.2, -0.15) is 0 Å². The molecule has 1 aliphatic heterocycles. The van der Waals surface area contributed by atoms with Crippen LogP contribution < -0.4 is 5.32 Å². The lowest BCUT2D eigenvalue weighted by molar-refractivity contribution is -0.109. The van der Waals surface area contributed by atoms with Crippen molar-refractivity contribution in [3.8, 4) is 0 Å². The van der Waals surface area contributed by atoms with E-state index < -0.39 is 6.17 Å². The highest BCUT2D eigenvalue weighted by Gasteiger charge is 2.21. The van der Waals surface area contributed by atoms with Gasteiger partial charge in [0.25, 0.3) is 0 Å². The van der Waals surface area contributed by atoms with Gasteiger partial charge in [0.05, 0.1) is 6.04 Å². The van der Waals surface area contributed by atoms with Crippen LogP contribution in [0.25, 0.3) is 0 Å². The van der Waals surface area contributed by atoms with Crippen molar-refractivity contribution >= 4 is 6.29 Å². The number of carbonyl (C=O) groups excluding carboxylic acids is 1. The van der Waals surface area contributed by atoms with E-state index >= 15 is 0 Å². The van der Waals surface area contributed by atoms with Crippen LogP contribution in [0.3, 0.4) is 0 Å². The molecule has 0 aromatic rings. The van der Waals surface area contributed by atoms with Crippen LogP contribution in [0.15, 0.2) is 0 Å². The zero-order valence-electron chi connectivity index (χ0n) is 4.43. The van der Waals surface area contributed by atoms with Crippen LogP contribution in [-0.2, 0) is 4.79 Å². The molecule has 0 amide bonds. The van der Waals surface area contributed by atoms with Gasteiger partial charge < -0.3 is 10.1 Å². The predicted octanol–water partition coefficient (Wildman–Crippen LogP) is -0.115. The summed E-state index contributed by atoms with van der Waals surface area (Å²) in [6.45, 7) is 0.337. The topological polar surface area (TPSA) is 29.1 Å². The lowest BCUT2D eigenvalue weighted by Gasteiger charge is -1.93. The third-order valence-corrected chi connectivity index (χ3v) is 1.28. The van der Waals surface area contributed by atoms with Crippen molar-refractivity contribution < 1.29 is 9.18 Å². The molecule has 1 aliphatic rings. The number of halogens is 1. The molecular weight excluding hydrogens is 109 g/mol. The first-order chi connectivity index (χ1) is 3.83. The van der Waals surface area contributed by atoms with E-state index in [1.54, 1.807) is 0 Å². The zero-order chi connectivity index (χ0) is 5.98. The first-order valence-electron chi connectivity index (χ1n) is 2.65. The van der Waals surface area contributed by atoms with Crippen LogP contribution in [-0.4, -0.2) is 25.0 Å². The number of rotatable bonds is 1. The van der Waals surface area contributed by atoms with E-state index in [1.165, 1.54) is 0 Å². The molecule has 1 fully saturated rings. The zero-order valence-corrected chi connectivity index (χ0v) is 4.43. The number of carbonyl (C=O) groups is 1. The molecule has 2 nitrogen and oxygen atoms in total. The van der Waals surface area contributed by atoms with Gasteiger partial charge in [0.2, 0.25) is 0 Å². The molecule has 0 bridgehead atoms.